The first-order valence-corrected chi connectivity index (χ1v) is 6.99. The molecule has 2 rings (SSSR count). The second kappa shape index (κ2) is 6.52. The summed E-state index contributed by atoms with van der Waals surface area (Å²) >= 11 is 0. The summed E-state index contributed by atoms with van der Waals surface area (Å²) in [6.07, 6.45) is 0.691. The normalized spacial score (nSPS) is 18.4. The first-order valence-electron chi connectivity index (χ1n) is 6.99. The summed E-state index contributed by atoms with van der Waals surface area (Å²) in [5, 5.41) is 2.85. The van der Waals surface area contributed by atoms with Crippen LogP contribution in [0.15, 0.2) is 30.3 Å². The summed E-state index contributed by atoms with van der Waals surface area (Å²) in [6.45, 7) is 3.39. The fraction of sp³-hybridized carbons (Fsp3) is 0.467. The Balaban J connectivity index is 2.12. The van der Waals surface area contributed by atoms with Gasteiger partial charge >= 0.3 is 0 Å². The number of rotatable bonds is 5. The van der Waals surface area contributed by atoms with Crippen molar-refractivity contribution in [1.82, 2.24) is 10.2 Å². The topological polar surface area (TPSA) is 52.7 Å². The number of nitrogens with zero attached hydrogens (tertiary/aromatic N) is 2. The predicted octanol–water partition coefficient (Wildman–Crippen LogP) is 0.860. The molecule has 0 aromatic heterocycles. The molecule has 0 saturated carbocycles. The Morgan fingerprint density at radius 3 is 2.70 bits per heavy atom. The van der Waals surface area contributed by atoms with E-state index in [2.05, 4.69) is 5.32 Å². The fourth-order valence-electron chi connectivity index (χ4n) is 2.64. The maximum absolute atomic E-state index is 12.5. The summed E-state index contributed by atoms with van der Waals surface area (Å²) < 4.78 is 0. The van der Waals surface area contributed by atoms with Crippen molar-refractivity contribution in [3.05, 3.63) is 30.3 Å². The molecule has 1 unspecified atom stereocenters. The number of para-hydroxylation sites is 1. The van der Waals surface area contributed by atoms with Crippen LogP contribution in [0.2, 0.25) is 0 Å². The van der Waals surface area contributed by atoms with Crippen LogP contribution in [0.25, 0.3) is 0 Å². The molecule has 1 N–H and O–H groups in total. The van der Waals surface area contributed by atoms with E-state index in [4.69, 9.17) is 0 Å². The van der Waals surface area contributed by atoms with Crippen LogP contribution in [0.5, 0.6) is 0 Å². The van der Waals surface area contributed by atoms with Crippen molar-refractivity contribution in [1.29, 1.82) is 0 Å². The lowest BCUT2D eigenvalue weighted by Gasteiger charge is -2.27. The third-order valence-electron chi connectivity index (χ3n) is 3.61. The predicted molar refractivity (Wildman–Crippen MR) is 78.5 cm³/mol. The first-order chi connectivity index (χ1) is 9.69. The molecule has 20 heavy (non-hydrogen) atoms. The highest BCUT2D eigenvalue weighted by Gasteiger charge is 2.37. The summed E-state index contributed by atoms with van der Waals surface area (Å²) in [6, 6.07) is 9.27. The zero-order chi connectivity index (χ0) is 14.5. The van der Waals surface area contributed by atoms with E-state index in [1.165, 1.54) is 0 Å². The average molecular weight is 275 g/mol. The molecule has 5 nitrogen and oxygen atoms in total. The van der Waals surface area contributed by atoms with Crippen molar-refractivity contribution in [2.75, 3.05) is 31.6 Å². The molecule has 0 radical (unpaired) electrons. The van der Waals surface area contributed by atoms with E-state index < -0.39 is 0 Å². The van der Waals surface area contributed by atoms with Crippen LogP contribution in [-0.2, 0) is 9.59 Å². The number of hydrogen-bond donors (Lipinski definition) is 1. The molecule has 1 fully saturated rings. The van der Waals surface area contributed by atoms with Gasteiger partial charge < -0.3 is 15.1 Å². The van der Waals surface area contributed by atoms with Gasteiger partial charge in [0.25, 0.3) is 0 Å². The number of carbonyl (C=O) groups is 2. The van der Waals surface area contributed by atoms with E-state index in [1.54, 1.807) is 16.8 Å². The van der Waals surface area contributed by atoms with Gasteiger partial charge in [-0.1, -0.05) is 18.2 Å². The van der Waals surface area contributed by atoms with Crippen LogP contribution in [0.3, 0.4) is 0 Å². The van der Waals surface area contributed by atoms with Crippen LogP contribution in [0.1, 0.15) is 13.3 Å². The molecule has 1 aliphatic rings. The zero-order valence-electron chi connectivity index (χ0n) is 12.0. The minimum atomic E-state index is -0.332. The molecule has 1 saturated heterocycles. The second-order valence-corrected chi connectivity index (χ2v) is 4.84. The highest BCUT2D eigenvalue weighted by Crippen LogP contribution is 2.24. The molecule has 1 aromatic carbocycles. The quantitative estimate of drug-likeness (QED) is 0.867. The fourth-order valence-corrected chi connectivity index (χ4v) is 2.64. The van der Waals surface area contributed by atoms with Gasteiger partial charge in [0.15, 0.2) is 0 Å². The minimum absolute atomic E-state index is 0.0162. The van der Waals surface area contributed by atoms with Gasteiger partial charge in [-0.25, -0.2) is 0 Å². The van der Waals surface area contributed by atoms with Crippen molar-refractivity contribution in [2.45, 2.75) is 19.4 Å². The van der Waals surface area contributed by atoms with Crippen molar-refractivity contribution in [3.8, 4) is 0 Å². The Morgan fingerprint density at radius 2 is 2.10 bits per heavy atom. The maximum Gasteiger partial charge on any atom is 0.249 e. The van der Waals surface area contributed by atoms with E-state index in [1.807, 2.05) is 37.3 Å². The van der Waals surface area contributed by atoms with Crippen molar-refractivity contribution in [3.63, 3.8) is 0 Å². The van der Waals surface area contributed by atoms with Gasteiger partial charge in [-0.05, 0) is 32.5 Å². The third kappa shape index (κ3) is 2.82. The summed E-state index contributed by atoms with van der Waals surface area (Å²) in [4.78, 5) is 28.0. The Hall–Kier alpha value is -1.88. The molecule has 1 atom stereocenters. The molecule has 1 aromatic rings. The van der Waals surface area contributed by atoms with Crippen molar-refractivity contribution >= 4 is 17.5 Å². The lowest BCUT2D eigenvalue weighted by molar-refractivity contribution is -0.137. The molecule has 1 aliphatic heterocycles. The highest BCUT2D eigenvalue weighted by molar-refractivity contribution is 6.01. The number of benzene rings is 1. The van der Waals surface area contributed by atoms with E-state index in [9.17, 15) is 9.59 Å². The zero-order valence-corrected chi connectivity index (χ0v) is 12.0. The first kappa shape index (κ1) is 14.5. The Kier molecular flexibility index (Phi) is 4.74. The van der Waals surface area contributed by atoms with Crippen LogP contribution in [0, 0.1) is 0 Å². The smallest absolute Gasteiger partial charge is 0.249 e. The van der Waals surface area contributed by atoms with E-state index >= 15 is 0 Å². The monoisotopic (exact) mass is 275 g/mol. The van der Waals surface area contributed by atoms with Gasteiger partial charge in [-0.3, -0.25) is 9.59 Å². The van der Waals surface area contributed by atoms with Gasteiger partial charge in [0.1, 0.15) is 6.04 Å². The lowest BCUT2D eigenvalue weighted by atomic mass is 10.2. The van der Waals surface area contributed by atoms with E-state index in [0.29, 0.717) is 19.5 Å². The third-order valence-corrected chi connectivity index (χ3v) is 3.61. The summed E-state index contributed by atoms with van der Waals surface area (Å²) in [7, 11) is 1.73. The van der Waals surface area contributed by atoms with Crippen LogP contribution >= 0.6 is 0 Å². The number of hydrogen-bond acceptors (Lipinski definition) is 3. The molecule has 108 valence electrons. The summed E-state index contributed by atoms with van der Waals surface area (Å²) in [5.74, 6) is -0.00855. The minimum Gasteiger partial charge on any atom is -0.330 e. The lowest BCUT2D eigenvalue weighted by Crippen LogP contribution is -2.47. The second-order valence-electron chi connectivity index (χ2n) is 4.84. The van der Waals surface area contributed by atoms with Crippen molar-refractivity contribution in [2.24, 2.45) is 0 Å². The molecule has 2 amide bonds. The Morgan fingerprint density at radius 1 is 1.40 bits per heavy atom. The SMILES string of the molecule is CCN(C(=O)CNC)C1CCN(c2ccccc2)C1=O. The van der Waals surface area contributed by atoms with Gasteiger partial charge in [-0.15, -0.1) is 0 Å². The molecular formula is C15H21N3O2. The summed E-state index contributed by atoms with van der Waals surface area (Å²) in [5.41, 5.74) is 0.900. The standard InChI is InChI=1S/C15H21N3O2/c1-3-17(14(19)11-16-2)13-9-10-18(15(13)20)12-7-5-4-6-8-12/h4-8,13,16H,3,9-11H2,1-2H3. The number of anilines is 1. The molecule has 5 heteroatoms. The number of carbonyl (C=O) groups excluding carboxylic acids is 2. The van der Waals surface area contributed by atoms with Gasteiger partial charge in [0, 0.05) is 18.8 Å². The molecule has 0 aliphatic carbocycles. The largest absolute Gasteiger partial charge is 0.330 e. The Bertz CT molecular complexity index is 475. The van der Waals surface area contributed by atoms with Gasteiger partial charge in [0.2, 0.25) is 11.8 Å². The van der Waals surface area contributed by atoms with Gasteiger partial charge in [-0.2, -0.15) is 0 Å². The van der Waals surface area contributed by atoms with Crippen LogP contribution in [0.4, 0.5) is 5.69 Å². The molecule has 1 heterocycles. The van der Waals surface area contributed by atoms with Crippen LogP contribution in [-0.4, -0.2) is 49.4 Å². The highest BCUT2D eigenvalue weighted by atomic mass is 16.2. The molecule has 0 bridgehead atoms. The molecule has 0 spiro atoms. The maximum atomic E-state index is 12.5. The Labute approximate surface area is 119 Å². The number of likely N-dealkylation sites (N-methyl/N-ethyl adjacent to an activating group) is 2. The van der Waals surface area contributed by atoms with E-state index in [0.717, 1.165) is 5.69 Å². The van der Waals surface area contributed by atoms with Crippen LogP contribution < -0.4 is 10.2 Å². The molecular weight excluding hydrogens is 254 g/mol. The average Bonchev–Trinajstić information content (AvgIpc) is 2.83. The van der Waals surface area contributed by atoms with Crippen molar-refractivity contribution < 1.29 is 9.59 Å². The number of nitrogens with one attached hydrogen (secondary N) is 1. The van der Waals surface area contributed by atoms with E-state index in [-0.39, 0.29) is 24.4 Å². The van der Waals surface area contributed by atoms with Gasteiger partial charge in [0.05, 0.1) is 6.54 Å². The number of amides is 2.